The molecule has 0 saturated heterocycles. The molecule has 2 heteroatoms. The Kier molecular flexibility index (Phi) is 6.24. The van der Waals surface area contributed by atoms with Gasteiger partial charge in [-0.05, 0) is 12.3 Å². The normalized spacial score (nSPS) is 12.6. The summed E-state index contributed by atoms with van der Waals surface area (Å²) in [7, 11) is 0. The van der Waals surface area contributed by atoms with E-state index in [1.165, 1.54) is 12.8 Å². The molecule has 2 nitrogen and oxygen atoms in total. The van der Waals surface area contributed by atoms with Crippen molar-refractivity contribution < 1.29 is 9.53 Å². The minimum atomic E-state index is 0.516. The van der Waals surface area contributed by atoms with E-state index in [4.69, 9.17) is 0 Å². The van der Waals surface area contributed by atoms with Crippen LogP contribution in [0.15, 0.2) is 0 Å². The lowest BCUT2D eigenvalue weighted by molar-refractivity contribution is -0.129. The van der Waals surface area contributed by atoms with E-state index >= 15 is 0 Å². The number of carbonyl (C=O) groups excluding carboxylic acids is 1. The largest absolute Gasteiger partial charge is 0.468 e. The van der Waals surface area contributed by atoms with E-state index in [-0.39, 0.29) is 0 Å². The summed E-state index contributed by atoms with van der Waals surface area (Å²) in [5, 5.41) is 0. The van der Waals surface area contributed by atoms with Crippen molar-refractivity contribution in [3.63, 3.8) is 0 Å². The van der Waals surface area contributed by atoms with Gasteiger partial charge in [0.25, 0.3) is 6.47 Å². The van der Waals surface area contributed by atoms with Crippen LogP contribution in [0.2, 0.25) is 0 Å². The molecule has 0 amide bonds. The number of ether oxygens (including phenoxy) is 1. The Morgan fingerprint density at radius 1 is 1.60 bits per heavy atom. The van der Waals surface area contributed by atoms with Crippen LogP contribution >= 0.6 is 0 Å². The van der Waals surface area contributed by atoms with E-state index in [0.717, 1.165) is 6.42 Å². The predicted molar refractivity (Wildman–Crippen MR) is 40.7 cm³/mol. The maximum absolute atomic E-state index is 9.76. The summed E-state index contributed by atoms with van der Waals surface area (Å²) in [6.45, 7) is 5.35. The SMILES string of the molecule is CCCCC(C)COC=O. The van der Waals surface area contributed by atoms with E-state index in [0.29, 0.717) is 19.0 Å². The van der Waals surface area contributed by atoms with Gasteiger partial charge >= 0.3 is 0 Å². The van der Waals surface area contributed by atoms with E-state index in [2.05, 4.69) is 18.6 Å². The first-order valence-electron chi connectivity index (χ1n) is 3.86. The summed E-state index contributed by atoms with van der Waals surface area (Å²) >= 11 is 0. The maximum Gasteiger partial charge on any atom is 0.293 e. The van der Waals surface area contributed by atoms with Crippen molar-refractivity contribution in [3.8, 4) is 0 Å². The van der Waals surface area contributed by atoms with Crippen LogP contribution in [0.1, 0.15) is 33.1 Å². The molecular formula is C8H16O2. The van der Waals surface area contributed by atoms with Gasteiger partial charge in [0.2, 0.25) is 0 Å². The maximum atomic E-state index is 9.76. The van der Waals surface area contributed by atoms with Crippen molar-refractivity contribution in [2.24, 2.45) is 5.92 Å². The Balaban J connectivity index is 3.07. The van der Waals surface area contributed by atoms with Crippen LogP contribution in [0.4, 0.5) is 0 Å². The summed E-state index contributed by atoms with van der Waals surface area (Å²) in [5.74, 6) is 0.519. The van der Waals surface area contributed by atoms with Crippen molar-refractivity contribution in [2.75, 3.05) is 6.61 Å². The first kappa shape index (κ1) is 9.47. The average molecular weight is 144 g/mol. The molecule has 0 radical (unpaired) electrons. The second-order valence-electron chi connectivity index (χ2n) is 2.68. The number of unbranched alkanes of at least 4 members (excludes halogenated alkanes) is 1. The fraction of sp³-hybridized carbons (Fsp3) is 0.875. The van der Waals surface area contributed by atoms with E-state index in [1.807, 2.05) is 0 Å². The van der Waals surface area contributed by atoms with Gasteiger partial charge < -0.3 is 4.74 Å². The molecule has 0 bridgehead atoms. The van der Waals surface area contributed by atoms with Crippen LogP contribution in [0, 0.1) is 5.92 Å². The van der Waals surface area contributed by atoms with Gasteiger partial charge in [0, 0.05) is 0 Å². The van der Waals surface area contributed by atoms with Crippen molar-refractivity contribution >= 4 is 6.47 Å². The molecule has 0 aliphatic rings. The topological polar surface area (TPSA) is 26.3 Å². The van der Waals surface area contributed by atoms with E-state index in [1.54, 1.807) is 0 Å². The molecule has 0 heterocycles. The Bertz CT molecular complexity index is 81.3. The van der Waals surface area contributed by atoms with Crippen LogP contribution in [-0.4, -0.2) is 13.1 Å². The molecule has 10 heavy (non-hydrogen) atoms. The second kappa shape index (κ2) is 6.59. The van der Waals surface area contributed by atoms with Gasteiger partial charge in [-0.1, -0.05) is 26.7 Å². The fourth-order valence-electron chi connectivity index (χ4n) is 0.839. The summed E-state index contributed by atoms with van der Waals surface area (Å²) in [4.78, 5) is 9.76. The summed E-state index contributed by atoms with van der Waals surface area (Å²) < 4.78 is 4.61. The van der Waals surface area contributed by atoms with Crippen molar-refractivity contribution in [1.29, 1.82) is 0 Å². The van der Waals surface area contributed by atoms with Crippen LogP contribution in [0.5, 0.6) is 0 Å². The van der Waals surface area contributed by atoms with Gasteiger partial charge in [0.15, 0.2) is 0 Å². The number of rotatable bonds is 6. The molecule has 0 rings (SSSR count). The third-order valence-electron chi connectivity index (χ3n) is 1.50. The zero-order valence-electron chi connectivity index (χ0n) is 6.80. The Morgan fingerprint density at radius 2 is 2.30 bits per heavy atom. The standard InChI is InChI=1S/C8H16O2/c1-3-4-5-8(2)6-10-7-9/h7-8H,3-6H2,1-2H3. The predicted octanol–water partition coefficient (Wildman–Crippen LogP) is 1.99. The molecule has 1 unspecified atom stereocenters. The van der Waals surface area contributed by atoms with Gasteiger partial charge in [-0.15, -0.1) is 0 Å². The molecule has 0 fully saturated rings. The zero-order chi connectivity index (χ0) is 7.82. The molecule has 0 N–H and O–H groups in total. The molecule has 0 spiro atoms. The number of hydrogen-bond acceptors (Lipinski definition) is 2. The monoisotopic (exact) mass is 144 g/mol. The molecule has 0 aromatic carbocycles. The molecule has 0 aromatic rings. The fourth-order valence-corrected chi connectivity index (χ4v) is 0.839. The van der Waals surface area contributed by atoms with Crippen molar-refractivity contribution in [2.45, 2.75) is 33.1 Å². The van der Waals surface area contributed by atoms with Crippen molar-refractivity contribution in [1.82, 2.24) is 0 Å². The molecular weight excluding hydrogens is 128 g/mol. The summed E-state index contributed by atoms with van der Waals surface area (Å²) in [6, 6.07) is 0. The zero-order valence-corrected chi connectivity index (χ0v) is 6.80. The highest BCUT2D eigenvalue weighted by molar-refractivity contribution is 5.36. The van der Waals surface area contributed by atoms with Gasteiger partial charge in [0.05, 0.1) is 6.61 Å². The molecule has 0 aliphatic carbocycles. The molecule has 0 aliphatic heterocycles. The van der Waals surface area contributed by atoms with E-state index in [9.17, 15) is 4.79 Å². The second-order valence-corrected chi connectivity index (χ2v) is 2.68. The molecule has 0 aromatic heterocycles. The van der Waals surface area contributed by atoms with Crippen LogP contribution < -0.4 is 0 Å². The lowest BCUT2D eigenvalue weighted by Crippen LogP contribution is -2.04. The van der Waals surface area contributed by atoms with Gasteiger partial charge in [-0.3, -0.25) is 4.79 Å². The molecule has 0 saturated carbocycles. The third kappa shape index (κ3) is 5.60. The van der Waals surface area contributed by atoms with E-state index < -0.39 is 0 Å². The van der Waals surface area contributed by atoms with Crippen molar-refractivity contribution in [3.05, 3.63) is 0 Å². The summed E-state index contributed by atoms with van der Waals surface area (Å²) in [5.41, 5.74) is 0. The lowest BCUT2D eigenvalue weighted by Gasteiger charge is -2.07. The Morgan fingerprint density at radius 3 is 2.80 bits per heavy atom. The van der Waals surface area contributed by atoms with Crippen LogP contribution in [0.3, 0.4) is 0 Å². The Hall–Kier alpha value is -0.530. The minimum Gasteiger partial charge on any atom is -0.468 e. The number of carbonyl (C=O) groups is 1. The summed E-state index contributed by atoms with van der Waals surface area (Å²) in [6.07, 6.45) is 3.60. The van der Waals surface area contributed by atoms with Gasteiger partial charge in [0.1, 0.15) is 0 Å². The van der Waals surface area contributed by atoms with Gasteiger partial charge in [-0.2, -0.15) is 0 Å². The first-order valence-corrected chi connectivity index (χ1v) is 3.86. The first-order chi connectivity index (χ1) is 4.81. The van der Waals surface area contributed by atoms with Gasteiger partial charge in [-0.25, -0.2) is 0 Å². The smallest absolute Gasteiger partial charge is 0.293 e. The highest BCUT2D eigenvalue weighted by Gasteiger charge is 1.99. The minimum absolute atomic E-state index is 0.516. The molecule has 60 valence electrons. The molecule has 1 atom stereocenters. The highest BCUT2D eigenvalue weighted by Crippen LogP contribution is 2.06. The third-order valence-corrected chi connectivity index (χ3v) is 1.50. The van der Waals surface area contributed by atoms with Crippen LogP contribution in [-0.2, 0) is 9.53 Å². The average Bonchev–Trinajstić information content (AvgIpc) is 1.97. The lowest BCUT2D eigenvalue weighted by atomic mass is 10.1. The highest BCUT2D eigenvalue weighted by atomic mass is 16.5. The quantitative estimate of drug-likeness (QED) is 0.533. The number of hydrogen-bond donors (Lipinski definition) is 0. The van der Waals surface area contributed by atoms with Crippen LogP contribution in [0.25, 0.3) is 0 Å². The Labute approximate surface area is 62.6 Å².